The van der Waals surface area contributed by atoms with E-state index in [0.717, 1.165) is 15.7 Å². The minimum atomic E-state index is -0.103. The van der Waals surface area contributed by atoms with Gasteiger partial charge in [0.1, 0.15) is 0 Å². The molecule has 1 amide bonds. The maximum absolute atomic E-state index is 12.2. The largest absolute Gasteiger partial charge is 0.339 e. The molecule has 1 aromatic carbocycles. The number of hydrogen-bond acceptors (Lipinski definition) is 5. The number of carbonyl (C=O) groups excluding carboxylic acids is 1. The van der Waals surface area contributed by atoms with Gasteiger partial charge in [0.15, 0.2) is 0 Å². The van der Waals surface area contributed by atoms with Crippen LogP contribution in [0.1, 0.15) is 18.2 Å². The fourth-order valence-corrected chi connectivity index (χ4v) is 2.90. The molecule has 3 aromatic rings. The maximum atomic E-state index is 12.2. The molecule has 0 radical (unpaired) electrons. The molecule has 1 N–H and O–H groups in total. The number of nitrogens with one attached hydrogen (secondary N) is 1. The van der Waals surface area contributed by atoms with Gasteiger partial charge in [0.25, 0.3) is 0 Å². The Morgan fingerprint density at radius 2 is 2.13 bits per heavy atom. The van der Waals surface area contributed by atoms with Gasteiger partial charge in [0.05, 0.1) is 17.8 Å². The fraction of sp³-hybridized carbons (Fsp3) is 0.200. The number of halogens is 1. The number of aromatic amines is 1. The number of hydrogen-bond donors (Lipinski definition) is 1. The molecule has 1 aliphatic rings. The highest BCUT2D eigenvalue weighted by Crippen LogP contribution is 2.31. The van der Waals surface area contributed by atoms with E-state index in [4.69, 9.17) is 4.52 Å². The molecule has 0 bridgehead atoms. The number of nitrogens with zero attached hydrogens (tertiary/aromatic N) is 4. The minimum Gasteiger partial charge on any atom is -0.339 e. The highest BCUT2D eigenvalue weighted by atomic mass is 79.9. The molecule has 2 aromatic heterocycles. The molecule has 23 heavy (non-hydrogen) atoms. The minimum absolute atomic E-state index is 0.0276. The Balaban J connectivity index is 1.56. The number of benzene rings is 1. The molecule has 1 aliphatic heterocycles. The van der Waals surface area contributed by atoms with Gasteiger partial charge in [0.2, 0.25) is 17.6 Å². The lowest BCUT2D eigenvalue weighted by Crippen LogP contribution is -2.23. The van der Waals surface area contributed by atoms with Crippen LogP contribution in [0.3, 0.4) is 0 Å². The zero-order valence-corrected chi connectivity index (χ0v) is 13.5. The average molecular weight is 374 g/mol. The summed E-state index contributed by atoms with van der Waals surface area (Å²) in [5.74, 6) is 0.942. The summed E-state index contributed by atoms with van der Waals surface area (Å²) >= 11 is 3.39. The van der Waals surface area contributed by atoms with Crippen molar-refractivity contribution in [3.63, 3.8) is 0 Å². The highest BCUT2D eigenvalue weighted by Gasteiger charge is 2.35. The third kappa shape index (κ3) is 2.65. The molecule has 1 fully saturated rings. The van der Waals surface area contributed by atoms with Crippen LogP contribution in [0.15, 0.2) is 45.7 Å². The van der Waals surface area contributed by atoms with Gasteiger partial charge in [0, 0.05) is 29.2 Å². The van der Waals surface area contributed by atoms with Crippen LogP contribution < -0.4 is 4.90 Å². The summed E-state index contributed by atoms with van der Waals surface area (Å²) in [7, 11) is 0. The Morgan fingerprint density at radius 1 is 1.30 bits per heavy atom. The monoisotopic (exact) mass is 373 g/mol. The molecule has 7 nitrogen and oxygen atoms in total. The highest BCUT2D eigenvalue weighted by molar-refractivity contribution is 9.10. The predicted octanol–water partition coefficient (Wildman–Crippen LogP) is 2.74. The van der Waals surface area contributed by atoms with Crippen LogP contribution in [0.5, 0.6) is 0 Å². The van der Waals surface area contributed by atoms with Crippen LogP contribution >= 0.6 is 15.9 Å². The van der Waals surface area contributed by atoms with Crippen LogP contribution in [-0.2, 0) is 4.79 Å². The van der Waals surface area contributed by atoms with Gasteiger partial charge in [-0.1, -0.05) is 21.1 Å². The van der Waals surface area contributed by atoms with Crippen molar-refractivity contribution in [3.05, 3.63) is 47.0 Å². The van der Waals surface area contributed by atoms with E-state index in [0.29, 0.717) is 24.7 Å². The Kier molecular flexibility index (Phi) is 3.45. The van der Waals surface area contributed by atoms with E-state index >= 15 is 0 Å². The summed E-state index contributed by atoms with van der Waals surface area (Å²) in [5.41, 5.74) is 1.63. The van der Waals surface area contributed by atoms with Crippen molar-refractivity contribution in [1.29, 1.82) is 0 Å². The molecule has 1 saturated heterocycles. The number of amides is 1. The lowest BCUT2D eigenvalue weighted by atomic mass is 10.1. The number of anilines is 1. The molecule has 8 heteroatoms. The Bertz CT molecular complexity index is 828. The number of H-pyrrole nitrogens is 1. The topological polar surface area (TPSA) is 87.9 Å². The van der Waals surface area contributed by atoms with Crippen molar-refractivity contribution in [3.8, 4) is 11.4 Å². The van der Waals surface area contributed by atoms with Crippen molar-refractivity contribution in [1.82, 2.24) is 20.3 Å². The summed E-state index contributed by atoms with van der Waals surface area (Å²) in [6.07, 6.45) is 3.68. The van der Waals surface area contributed by atoms with Crippen molar-refractivity contribution < 1.29 is 9.32 Å². The van der Waals surface area contributed by atoms with E-state index in [1.54, 1.807) is 17.3 Å². The predicted molar refractivity (Wildman–Crippen MR) is 85.7 cm³/mol. The Morgan fingerprint density at radius 3 is 2.87 bits per heavy atom. The zero-order valence-electron chi connectivity index (χ0n) is 11.9. The molecule has 0 unspecified atom stereocenters. The molecular formula is C15H12BrN5O2. The summed E-state index contributed by atoms with van der Waals surface area (Å²) in [6.45, 7) is 0.514. The number of aromatic nitrogens is 4. The van der Waals surface area contributed by atoms with Crippen LogP contribution in [-0.4, -0.2) is 32.8 Å². The maximum Gasteiger partial charge on any atom is 0.232 e. The Labute approximate surface area is 139 Å². The van der Waals surface area contributed by atoms with Crippen LogP contribution in [0.4, 0.5) is 5.69 Å². The zero-order chi connectivity index (χ0) is 15.8. The quantitative estimate of drug-likeness (QED) is 0.762. The first-order valence-electron chi connectivity index (χ1n) is 7.09. The van der Waals surface area contributed by atoms with Gasteiger partial charge in [-0.3, -0.25) is 9.89 Å². The summed E-state index contributed by atoms with van der Waals surface area (Å²) in [6, 6.07) is 7.67. The molecule has 0 aliphatic carbocycles. The summed E-state index contributed by atoms with van der Waals surface area (Å²) in [5, 5.41) is 10.6. The molecule has 3 heterocycles. The molecule has 1 atom stereocenters. The number of carbonyl (C=O) groups is 1. The molecular weight excluding hydrogens is 362 g/mol. The second kappa shape index (κ2) is 5.62. The summed E-state index contributed by atoms with van der Waals surface area (Å²) < 4.78 is 6.36. The first kappa shape index (κ1) is 14.1. The smallest absolute Gasteiger partial charge is 0.232 e. The molecule has 0 saturated carbocycles. The number of rotatable bonds is 3. The van der Waals surface area contributed by atoms with Gasteiger partial charge < -0.3 is 9.42 Å². The summed E-state index contributed by atoms with van der Waals surface area (Å²) in [4.78, 5) is 18.3. The lowest BCUT2D eigenvalue weighted by molar-refractivity contribution is -0.117. The van der Waals surface area contributed by atoms with E-state index in [2.05, 4.69) is 36.3 Å². The van der Waals surface area contributed by atoms with Crippen LogP contribution in [0.25, 0.3) is 11.4 Å². The van der Waals surface area contributed by atoms with Gasteiger partial charge in [-0.25, -0.2) is 0 Å². The fourth-order valence-electron chi connectivity index (χ4n) is 2.63. The Hall–Kier alpha value is -2.48. The van der Waals surface area contributed by atoms with E-state index < -0.39 is 0 Å². The first-order chi connectivity index (χ1) is 11.2. The van der Waals surface area contributed by atoms with Gasteiger partial charge >= 0.3 is 0 Å². The average Bonchev–Trinajstić information content (AvgIpc) is 3.27. The van der Waals surface area contributed by atoms with Crippen molar-refractivity contribution >= 4 is 27.5 Å². The molecule has 116 valence electrons. The lowest BCUT2D eigenvalue weighted by Gasteiger charge is -2.12. The van der Waals surface area contributed by atoms with Crippen molar-refractivity contribution in [2.75, 3.05) is 11.4 Å². The molecule has 4 rings (SSSR count). The second-order valence-corrected chi connectivity index (χ2v) is 6.24. The standard InChI is InChI=1S/C15H12BrN5O2/c16-11-3-1-9(2-4-11)14-19-15(23-20-14)10-5-13(22)21(8-10)12-6-17-18-7-12/h1-4,6-7,10H,5,8H2,(H,17,18)/t10-/m0/s1. The van der Waals surface area contributed by atoms with Gasteiger partial charge in [-0.2, -0.15) is 10.1 Å². The van der Waals surface area contributed by atoms with Crippen LogP contribution in [0.2, 0.25) is 0 Å². The third-order valence-electron chi connectivity index (χ3n) is 3.81. The second-order valence-electron chi connectivity index (χ2n) is 5.33. The van der Waals surface area contributed by atoms with E-state index in [-0.39, 0.29) is 11.8 Å². The van der Waals surface area contributed by atoms with Gasteiger partial charge in [-0.15, -0.1) is 0 Å². The van der Waals surface area contributed by atoms with E-state index in [1.807, 2.05) is 24.3 Å². The van der Waals surface area contributed by atoms with Crippen molar-refractivity contribution in [2.24, 2.45) is 0 Å². The van der Waals surface area contributed by atoms with Crippen molar-refractivity contribution in [2.45, 2.75) is 12.3 Å². The van der Waals surface area contributed by atoms with Gasteiger partial charge in [-0.05, 0) is 24.3 Å². The first-order valence-corrected chi connectivity index (χ1v) is 7.88. The van der Waals surface area contributed by atoms with E-state index in [1.165, 1.54) is 0 Å². The third-order valence-corrected chi connectivity index (χ3v) is 4.34. The van der Waals surface area contributed by atoms with E-state index in [9.17, 15) is 4.79 Å². The normalized spacial score (nSPS) is 17.9. The van der Waals surface area contributed by atoms with Crippen LogP contribution in [0, 0.1) is 0 Å². The molecule has 0 spiro atoms. The SMILES string of the molecule is O=C1C[C@H](c2nc(-c3ccc(Br)cc3)no2)CN1c1cn[nH]c1.